The van der Waals surface area contributed by atoms with E-state index >= 15 is 0 Å². The Kier molecular flexibility index (Phi) is 7.60. The summed E-state index contributed by atoms with van der Waals surface area (Å²) in [5.41, 5.74) is 0. The number of benzene rings is 1. The SMILES string of the molecule is CC(C)C(C#N)N1CCN(C(=O)CCSc2ccccc2Br)CC1. The van der Waals surface area contributed by atoms with Crippen molar-refractivity contribution in [2.45, 2.75) is 31.2 Å². The molecule has 1 aromatic rings. The van der Waals surface area contributed by atoms with Crippen molar-refractivity contribution in [2.75, 3.05) is 31.9 Å². The molecular formula is C18H24BrN3OS. The zero-order valence-corrected chi connectivity index (χ0v) is 16.6. The minimum atomic E-state index is -0.0479. The van der Waals surface area contributed by atoms with Crippen LogP contribution in [0.25, 0.3) is 0 Å². The lowest BCUT2D eigenvalue weighted by Gasteiger charge is -2.38. The van der Waals surface area contributed by atoms with Crippen LogP contribution in [0.2, 0.25) is 0 Å². The standard InChI is InChI=1S/C18H24BrN3OS/c1-14(2)16(13-20)21-8-10-22(11-9-21)18(23)7-12-24-17-6-4-3-5-15(17)19/h3-6,14,16H,7-12H2,1-2H3. The number of thioether (sulfide) groups is 1. The fraction of sp³-hybridized carbons (Fsp3) is 0.556. The van der Waals surface area contributed by atoms with E-state index in [1.165, 1.54) is 4.90 Å². The predicted octanol–water partition coefficient (Wildman–Crippen LogP) is 3.62. The molecule has 1 aliphatic heterocycles. The number of nitrogens with zero attached hydrogens (tertiary/aromatic N) is 3. The van der Waals surface area contributed by atoms with Gasteiger partial charge in [-0.1, -0.05) is 26.0 Å². The number of hydrogen-bond donors (Lipinski definition) is 0. The summed E-state index contributed by atoms with van der Waals surface area (Å²) < 4.78 is 1.08. The maximum Gasteiger partial charge on any atom is 0.223 e. The second kappa shape index (κ2) is 9.45. The lowest BCUT2D eigenvalue weighted by atomic mass is 10.0. The van der Waals surface area contributed by atoms with Gasteiger partial charge in [-0.15, -0.1) is 11.8 Å². The zero-order valence-electron chi connectivity index (χ0n) is 14.2. The fourth-order valence-corrected chi connectivity index (χ4v) is 4.38. The second-order valence-electron chi connectivity index (χ2n) is 6.26. The molecule has 130 valence electrons. The van der Waals surface area contributed by atoms with Gasteiger partial charge >= 0.3 is 0 Å². The Hall–Kier alpha value is -1.03. The fourth-order valence-electron chi connectivity index (χ4n) is 2.87. The van der Waals surface area contributed by atoms with Gasteiger partial charge in [0.2, 0.25) is 5.91 Å². The van der Waals surface area contributed by atoms with E-state index in [1.54, 1.807) is 11.8 Å². The maximum absolute atomic E-state index is 12.4. The highest BCUT2D eigenvalue weighted by Crippen LogP contribution is 2.27. The van der Waals surface area contributed by atoms with Crippen molar-refractivity contribution in [3.05, 3.63) is 28.7 Å². The summed E-state index contributed by atoms with van der Waals surface area (Å²) in [4.78, 5) is 17.7. The Morgan fingerprint density at radius 2 is 1.96 bits per heavy atom. The third-order valence-electron chi connectivity index (χ3n) is 4.23. The molecule has 1 saturated heterocycles. The summed E-state index contributed by atoms with van der Waals surface area (Å²) in [7, 11) is 0. The van der Waals surface area contributed by atoms with E-state index in [-0.39, 0.29) is 11.9 Å². The van der Waals surface area contributed by atoms with Crippen LogP contribution in [0.15, 0.2) is 33.6 Å². The molecule has 0 spiro atoms. The Morgan fingerprint density at radius 3 is 2.54 bits per heavy atom. The van der Waals surface area contributed by atoms with Gasteiger partial charge in [0.25, 0.3) is 0 Å². The molecule has 0 aromatic heterocycles. The monoisotopic (exact) mass is 409 g/mol. The number of piperazine rings is 1. The quantitative estimate of drug-likeness (QED) is 0.672. The van der Waals surface area contributed by atoms with Crippen LogP contribution in [-0.2, 0) is 4.79 Å². The van der Waals surface area contributed by atoms with Crippen LogP contribution in [0.4, 0.5) is 0 Å². The van der Waals surface area contributed by atoms with E-state index < -0.39 is 0 Å². The summed E-state index contributed by atoms with van der Waals surface area (Å²) in [6.45, 7) is 7.18. The average Bonchev–Trinajstić information content (AvgIpc) is 2.57. The molecule has 1 amide bonds. The topological polar surface area (TPSA) is 47.3 Å². The van der Waals surface area contributed by atoms with Crippen LogP contribution in [0.3, 0.4) is 0 Å². The van der Waals surface area contributed by atoms with Crippen molar-refractivity contribution in [1.29, 1.82) is 5.26 Å². The van der Waals surface area contributed by atoms with E-state index in [4.69, 9.17) is 0 Å². The molecular weight excluding hydrogens is 386 g/mol. The molecule has 1 unspecified atom stereocenters. The molecule has 0 radical (unpaired) electrons. The molecule has 0 N–H and O–H groups in total. The Bertz CT molecular complexity index is 594. The largest absolute Gasteiger partial charge is 0.340 e. The van der Waals surface area contributed by atoms with E-state index in [9.17, 15) is 10.1 Å². The van der Waals surface area contributed by atoms with Crippen LogP contribution in [0.1, 0.15) is 20.3 Å². The minimum Gasteiger partial charge on any atom is -0.340 e. The number of carbonyl (C=O) groups excluding carboxylic acids is 1. The third-order valence-corrected chi connectivity index (χ3v) is 6.26. The van der Waals surface area contributed by atoms with Crippen molar-refractivity contribution in [1.82, 2.24) is 9.80 Å². The summed E-state index contributed by atoms with van der Waals surface area (Å²) in [6.07, 6.45) is 0.553. The number of halogens is 1. The molecule has 1 aromatic carbocycles. The number of nitriles is 1. The summed E-state index contributed by atoms with van der Waals surface area (Å²) in [6, 6.07) is 10.4. The average molecular weight is 410 g/mol. The van der Waals surface area contributed by atoms with Gasteiger partial charge in [-0.05, 0) is 34.0 Å². The van der Waals surface area contributed by atoms with Crippen LogP contribution in [0.5, 0.6) is 0 Å². The molecule has 0 bridgehead atoms. The predicted molar refractivity (Wildman–Crippen MR) is 102 cm³/mol. The normalized spacial score (nSPS) is 16.9. The lowest BCUT2D eigenvalue weighted by Crippen LogP contribution is -2.52. The highest BCUT2D eigenvalue weighted by molar-refractivity contribution is 9.10. The van der Waals surface area contributed by atoms with Gasteiger partial charge in [-0.3, -0.25) is 9.69 Å². The van der Waals surface area contributed by atoms with E-state index in [1.807, 2.05) is 23.1 Å². The second-order valence-corrected chi connectivity index (χ2v) is 8.25. The first-order valence-corrected chi connectivity index (χ1v) is 10.1. The van der Waals surface area contributed by atoms with Gasteiger partial charge in [-0.2, -0.15) is 5.26 Å². The van der Waals surface area contributed by atoms with Crippen molar-refractivity contribution in [3.8, 4) is 6.07 Å². The number of rotatable bonds is 6. The molecule has 24 heavy (non-hydrogen) atoms. The summed E-state index contributed by atoms with van der Waals surface area (Å²) >= 11 is 5.24. The first-order valence-electron chi connectivity index (χ1n) is 8.31. The van der Waals surface area contributed by atoms with Gasteiger partial charge in [0.05, 0.1) is 6.07 Å². The van der Waals surface area contributed by atoms with Gasteiger partial charge in [0.1, 0.15) is 6.04 Å². The molecule has 6 heteroatoms. The highest BCUT2D eigenvalue weighted by Gasteiger charge is 2.27. The number of carbonyl (C=O) groups is 1. The molecule has 1 atom stereocenters. The van der Waals surface area contributed by atoms with Gasteiger partial charge < -0.3 is 4.90 Å². The zero-order chi connectivity index (χ0) is 17.5. The van der Waals surface area contributed by atoms with Gasteiger partial charge in [0.15, 0.2) is 0 Å². The van der Waals surface area contributed by atoms with E-state index in [2.05, 4.69) is 46.8 Å². The van der Waals surface area contributed by atoms with E-state index in [0.717, 1.165) is 36.4 Å². The Labute approximate surface area is 157 Å². The first kappa shape index (κ1) is 19.3. The Morgan fingerprint density at radius 1 is 1.29 bits per heavy atom. The van der Waals surface area contributed by atoms with Crippen molar-refractivity contribution >= 4 is 33.6 Å². The number of amides is 1. The van der Waals surface area contributed by atoms with Crippen LogP contribution >= 0.6 is 27.7 Å². The summed E-state index contributed by atoms with van der Waals surface area (Å²) in [5, 5.41) is 9.29. The molecule has 1 fully saturated rings. The molecule has 0 saturated carbocycles. The van der Waals surface area contributed by atoms with Crippen molar-refractivity contribution < 1.29 is 4.79 Å². The Balaban J connectivity index is 1.75. The highest BCUT2D eigenvalue weighted by atomic mass is 79.9. The molecule has 4 nitrogen and oxygen atoms in total. The van der Waals surface area contributed by atoms with Gasteiger partial charge in [-0.25, -0.2) is 0 Å². The minimum absolute atomic E-state index is 0.0479. The molecule has 1 aliphatic rings. The third kappa shape index (κ3) is 5.23. The van der Waals surface area contributed by atoms with E-state index in [0.29, 0.717) is 12.3 Å². The molecule has 2 rings (SSSR count). The smallest absolute Gasteiger partial charge is 0.223 e. The van der Waals surface area contributed by atoms with Crippen LogP contribution < -0.4 is 0 Å². The van der Waals surface area contributed by atoms with Crippen LogP contribution in [-0.4, -0.2) is 53.7 Å². The van der Waals surface area contributed by atoms with Crippen LogP contribution in [0, 0.1) is 17.2 Å². The first-order chi connectivity index (χ1) is 11.5. The van der Waals surface area contributed by atoms with Gasteiger partial charge in [0, 0.05) is 47.7 Å². The van der Waals surface area contributed by atoms with Crippen molar-refractivity contribution in [3.63, 3.8) is 0 Å². The molecule has 0 aliphatic carbocycles. The molecule has 1 heterocycles. The maximum atomic E-state index is 12.4. The number of hydrogen-bond acceptors (Lipinski definition) is 4. The lowest BCUT2D eigenvalue weighted by molar-refractivity contribution is -0.132. The summed E-state index contributed by atoms with van der Waals surface area (Å²) in [5.74, 6) is 1.32. The van der Waals surface area contributed by atoms with Crippen molar-refractivity contribution in [2.24, 2.45) is 5.92 Å².